The monoisotopic (exact) mass is 258 g/mol. The van der Waals surface area contributed by atoms with Gasteiger partial charge in [-0.25, -0.2) is 0 Å². The van der Waals surface area contributed by atoms with Crippen LogP contribution in [0, 0.1) is 13.8 Å². The second-order valence-corrected chi connectivity index (χ2v) is 4.83. The molecule has 0 spiro atoms. The van der Waals surface area contributed by atoms with Crippen molar-refractivity contribution in [2.24, 2.45) is 0 Å². The van der Waals surface area contributed by atoms with E-state index in [-0.39, 0.29) is 11.9 Å². The van der Waals surface area contributed by atoms with Crippen LogP contribution in [0.4, 0.5) is 0 Å². The van der Waals surface area contributed by atoms with Gasteiger partial charge in [0, 0.05) is 18.7 Å². The molecule has 0 fully saturated rings. The fourth-order valence-corrected chi connectivity index (χ4v) is 1.85. The first kappa shape index (κ1) is 13.3. The average molecular weight is 258 g/mol. The lowest BCUT2D eigenvalue weighted by molar-refractivity contribution is 0.0720. The first-order valence-electron chi connectivity index (χ1n) is 6.26. The first-order chi connectivity index (χ1) is 8.99. The van der Waals surface area contributed by atoms with Crippen LogP contribution >= 0.6 is 0 Å². The molecule has 1 aromatic heterocycles. The van der Waals surface area contributed by atoms with Crippen LogP contribution in [0.25, 0.3) is 0 Å². The zero-order chi connectivity index (χ0) is 14.0. The molecule has 0 aliphatic carbocycles. The number of hydrogen-bond acceptors (Lipinski definition) is 3. The molecule has 4 nitrogen and oxygen atoms in total. The van der Waals surface area contributed by atoms with Gasteiger partial charge in [-0.05, 0) is 32.9 Å². The van der Waals surface area contributed by atoms with Gasteiger partial charge in [0.25, 0.3) is 5.91 Å². The van der Waals surface area contributed by atoms with Crippen molar-refractivity contribution < 1.29 is 9.32 Å². The lowest BCUT2D eigenvalue weighted by Crippen LogP contribution is -2.29. The Morgan fingerprint density at radius 1 is 1.26 bits per heavy atom. The van der Waals surface area contributed by atoms with E-state index in [4.69, 9.17) is 4.52 Å². The molecule has 19 heavy (non-hydrogen) atoms. The van der Waals surface area contributed by atoms with E-state index in [0.717, 1.165) is 11.3 Å². The van der Waals surface area contributed by atoms with Gasteiger partial charge in [-0.2, -0.15) is 0 Å². The molecule has 0 bridgehead atoms. The molecule has 100 valence electrons. The minimum Gasteiger partial charge on any atom is -0.359 e. The lowest BCUT2D eigenvalue weighted by atomic mass is 10.1. The molecular weight excluding hydrogens is 240 g/mol. The number of amides is 1. The number of aryl methyl sites for hydroxylation is 2. The minimum atomic E-state index is -0.144. The van der Waals surface area contributed by atoms with Gasteiger partial charge in [0.05, 0.1) is 11.7 Å². The maximum Gasteiger partial charge on any atom is 0.254 e. The van der Waals surface area contributed by atoms with Gasteiger partial charge < -0.3 is 9.42 Å². The van der Waals surface area contributed by atoms with Gasteiger partial charge in [0.15, 0.2) is 5.76 Å². The summed E-state index contributed by atoms with van der Waals surface area (Å²) in [6, 6.07) is 9.26. The van der Waals surface area contributed by atoms with Crippen LogP contribution in [0.5, 0.6) is 0 Å². The smallest absolute Gasteiger partial charge is 0.254 e. The van der Waals surface area contributed by atoms with Gasteiger partial charge in [-0.15, -0.1) is 0 Å². The van der Waals surface area contributed by atoms with Crippen molar-refractivity contribution in [1.29, 1.82) is 0 Å². The topological polar surface area (TPSA) is 46.3 Å². The highest BCUT2D eigenvalue weighted by atomic mass is 16.5. The SMILES string of the molecule is Cc1ccc(C(=O)N(C)C(C)c2cc(C)no2)cc1. The Labute approximate surface area is 113 Å². The highest BCUT2D eigenvalue weighted by Gasteiger charge is 2.21. The molecule has 0 saturated carbocycles. The van der Waals surface area contributed by atoms with Gasteiger partial charge in [0.1, 0.15) is 0 Å². The van der Waals surface area contributed by atoms with Gasteiger partial charge >= 0.3 is 0 Å². The highest BCUT2D eigenvalue weighted by molar-refractivity contribution is 5.94. The number of benzene rings is 1. The molecule has 4 heteroatoms. The van der Waals surface area contributed by atoms with Crippen molar-refractivity contribution in [3.63, 3.8) is 0 Å². The van der Waals surface area contributed by atoms with E-state index in [1.165, 1.54) is 0 Å². The highest BCUT2D eigenvalue weighted by Crippen LogP contribution is 2.21. The first-order valence-corrected chi connectivity index (χ1v) is 6.26. The van der Waals surface area contributed by atoms with Crippen LogP contribution in [0.1, 0.15) is 40.3 Å². The average Bonchev–Trinajstić information content (AvgIpc) is 2.84. The van der Waals surface area contributed by atoms with Crippen molar-refractivity contribution in [3.8, 4) is 0 Å². The normalized spacial score (nSPS) is 12.2. The Morgan fingerprint density at radius 2 is 1.89 bits per heavy atom. The van der Waals surface area contributed by atoms with Crippen molar-refractivity contribution in [2.45, 2.75) is 26.8 Å². The molecule has 0 saturated heterocycles. The van der Waals surface area contributed by atoms with Crippen LogP contribution in [0.15, 0.2) is 34.9 Å². The third-order valence-electron chi connectivity index (χ3n) is 3.26. The van der Waals surface area contributed by atoms with E-state index >= 15 is 0 Å². The van der Waals surface area contributed by atoms with Crippen molar-refractivity contribution in [2.75, 3.05) is 7.05 Å². The fraction of sp³-hybridized carbons (Fsp3) is 0.333. The lowest BCUT2D eigenvalue weighted by Gasteiger charge is -2.22. The molecule has 0 N–H and O–H groups in total. The fourth-order valence-electron chi connectivity index (χ4n) is 1.85. The maximum atomic E-state index is 12.3. The second-order valence-electron chi connectivity index (χ2n) is 4.83. The van der Waals surface area contributed by atoms with Crippen LogP contribution in [-0.2, 0) is 0 Å². The number of aromatic nitrogens is 1. The largest absolute Gasteiger partial charge is 0.359 e. The summed E-state index contributed by atoms with van der Waals surface area (Å²) >= 11 is 0. The summed E-state index contributed by atoms with van der Waals surface area (Å²) in [6.45, 7) is 5.78. The molecule has 1 amide bonds. The van der Waals surface area contributed by atoms with Crippen molar-refractivity contribution in [3.05, 3.63) is 52.9 Å². The maximum absolute atomic E-state index is 12.3. The Kier molecular flexibility index (Phi) is 3.69. The van der Waals surface area contributed by atoms with E-state index in [2.05, 4.69) is 5.16 Å². The predicted octanol–water partition coefficient (Wildman–Crippen LogP) is 3.12. The Hall–Kier alpha value is -2.10. The zero-order valence-corrected chi connectivity index (χ0v) is 11.7. The summed E-state index contributed by atoms with van der Waals surface area (Å²) in [5.41, 5.74) is 2.63. The number of nitrogens with zero attached hydrogens (tertiary/aromatic N) is 2. The number of carbonyl (C=O) groups excluding carboxylic acids is 1. The molecule has 1 unspecified atom stereocenters. The number of rotatable bonds is 3. The van der Waals surface area contributed by atoms with E-state index in [9.17, 15) is 4.79 Å². The summed E-state index contributed by atoms with van der Waals surface area (Å²) in [4.78, 5) is 14.0. The van der Waals surface area contributed by atoms with Crippen LogP contribution in [0.2, 0.25) is 0 Å². The zero-order valence-electron chi connectivity index (χ0n) is 11.7. The number of carbonyl (C=O) groups is 1. The summed E-state index contributed by atoms with van der Waals surface area (Å²) in [5.74, 6) is 0.669. The van der Waals surface area contributed by atoms with Crippen LogP contribution in [0.3, 0.4) is 0 Å². The van der Waals surface area contributed by atoms with Gasteiger partial charge in [-0.3, -0.25) is 4.79 Å². The van der Waals surface area contributed by atoms with E-state index in [1.807, 2.05) is 51.1 Å². The van der Waals surface area contributed by atoms with Crippen LogP contribution < -0.4 is 0 Å². The quantitative estimate of drug-likeness (QED) is 0.849. The second kappa shape index (κ2) is 5.26. The van der Waals surface area contributed by atoms with Gasteiger partial charge in [-0.1, -0.05) is 22.9 Å². The molecule has 0 aliphatic heterocycles. The summed E-state index contributed by atoms with van der Waals surface area (Å²) in [7, 11) is 1.77. The van der Waals surface area contributed by atoms with Crippen molar-refractivity contribution >= 4 is 5.91 Å². The van der Waals surface area contributed by atoms with E-state index in [0.29, 0.717) is 11.3 Å². The third-order valence-corrected chi connectivity index (χ3v) is 3.26. The predicted molar refractivity (Wildman–Crippen MR) is 72.9 cm³/mol. The standard InChI is InChI=1S/C15H18N2O2/c1-10-5-7-13(8-6-10)15(18)17(4)12(3)14-9-11(2)16-19-14/h5-9,12H,1-4H3. The van der Waals surface area contributed by atoms with Crippen LogP contribution in [-0.4, -0.2) is 23.0 Å². The van der Waals surface area contributed by atoms with Crippen molar-refractivity contribution in [1.82, 2.24) is 10.1 Å². The summed E-state index contributed by atoms with van der Waals surface area (Å²) in [6.07, 6.45) is 0. The molecule has 1 heterocycles. The molecule has 1 atom stereocenters. The number of hydrogen-bond donors (Lipinski definition) is 0. The van der Waals surface area contributed by atoms with E-state index < -0.39 is 0 Å². The van der Waals surface area contributed by atoms with E-state index in [1.54, 1.807) is 11.9 Å². The minimum absolute atomic E-state index is 0.0263. The molecule has 2 aromatic rings. The molecule has 0 radical (unpaired) electrons. The third kappa shape index (κ3) is 2.84. The molecule has 1 aromatic carbocycles. The molecule has 2 rings (SSSR count). The van der Waals surface area contributed by atoms with Gasteiger partial charge in [0.2, 0.25) is 0 Å². The Morgan fingerprint density at radius 3 is 2.42 bits per heavy atom. The Balaban J connectivity index is 2.17. The molecular formula is C15H18N2O2. The summed E-state index contributed by atoms with van der Waals surface area (Å²) < 4.78 is 5.21. The Bertz CT molecular complexity index is 572. The molecule has 0 aliphatic rings. The summed E-state index contributed by atoms with van der Waals surface area (Å²) in [5, 5.41) is 3.85.